The Kier molecular flexibility index (Phi) is 5.07. The number of nitrogens with one attached hydrogen (secondary N) is 4. The molecular weight excluding hydrogens is 335 g/mol. The molecule has 0 radical (unpaired) electrons. The second kappa shape index (κ2) is 7.04. The van der Waals surface area contributed by atoms with Crippen molar-refractivity contribution in [3.8, 4) is 6.07 Å². The molecule has 10 heteroatoms. The fourth-order valence-electron chi connectivity index (χ4n) is 2.08. The van der Waals surface area contributed by atoms with Gasteiger partial charge in [-0.15, -0.1) is 0 Å². The van der Waals surface area contributed by atoms with Crippen molar-refractivity contribution in [3.63, 3.8) is 0 Å². The molecule has 130 valence electrons. The molecule has 2 aromatic rings. The topological polar surface area (TPSA) is 110 Å². The van der Waals surface area contributed by atoms with Crippen molar-refractivity contribution in [1.29, 1.82) is 10.7 Å². The van der Waals surface area contributed by atoms with Gasteiger partial charge in [-0.05, 0) is 18.2 Å². The summed E-state index contributed by atoms with van der Waals surface area (Å²) in [5.41, 5.74) is 0.228. The first-order valence-electron chi connectivity index (χ1n) is 7.00. The number of rotatable bonds is 5. The summed E-state index contributed by atoms with van der Waals surface area (Å²) in [5.74, 6) is -0.371. The molecule has 0 unspecified atom stereocenters. The highest BCUT2D eigenvalue weighted by Crippen LogP contribution is 2.34. The lowest BCUT2D eigenvalue weighted by Gasteiger charge is -2.14. The average molecular weight is 349 g/mol. The van der Waals surface area contributed by atoms with Crippen LogP contribution in [0.5, 0.6) is 0 Å². The molecule has 1 heterocycles. The molecule has 0 saturated heterocycles. The highest BCUT2D eigenvalue weighted by molar-refractivity contribution is 6.13. The molecule has 0 bridgehead atoms. The quantitative estimate of drug-likeness (QED) is 0.617. The maximum atomic E-state index is 12.9. The van der Waals surface area contributed by atoms with E-state index in [0.29, 0.717) is 23.1 Å². The third kappa shape index (κ3) is 3.95. The van der Waals surface area contributed by atoms with Crippen LogP contribution in [0.2, 0.25) is 0 Å². The molecule has 0 fully saturated rings. The number of nitrogens with zero attached hydrogens (tertiary/aromatic N) is 3. The van der Waals surface area contributed by atoms with Crippen LogP contribution < -0.4 is 16.0 Å². The Balaban J connectivity index is 2.34. The van der Waals surface area contributed by atoms with Gasteiger partial charge < -0.3 is 16.0 Å². The zero-order chi connectivity index (χ0) is 18.6. The molecule has 0 aliphatic heterocycles. The summed E-state index contributed by atoms with van der Waals surface area (Å²) in [6, 6.07) is 6.46. The summed E-state index contributed by atoms with van der Waals surface area (Å²) < 4.78 is 38.6. The van der Waals surface area contributed by atoms with Crippen molar-refractivity contribution in [1.82, 2.24) is 9.97 Å². The van der Waals surface area contributed by atoms with Gasteiger partial charge in [0.2, 0.25) is 5.95 Å². The van der Waals surface area contributed by atoms with Gasteiger partial charge in [0.05, 0.1) is 0 Å². The lowest BCUT2D eigenvalue weighted by molar-refractivity contribution is -0.137. The summed E-state index contributed by atoms with van der Waals surface area (Å²) in [5, 5.41) is 24.5. The third-order valence-electron chi connectivity index (χ3n) is 3.26. The minimum Gasteiger partial charge on any atom is -0.387 e. The Morgan fingerprint density at radius 2 is 1.96 bits per heavy atom. The van der Waals surface area contributed by atoms with E-state index in [1.807, 2.05) is 0 Å². The molecule has 25 heavy (non-hydrogen) atoms. The highest BCUT2D eigenvalue weighted by atomic mass is 19.4. The molecule has 0 amide bonds. The molecule has 1 aromatic carbocycles. The Labute approximate surface area is 141 Å². The van der Waals surface area contributed by atoms with Gasteiger partial charge in [0.1, 0.15) is 23.2 Å². The van der Waals surface area contributed by atoms with Gasteiger partial charge >= 0.3 is 6.18 Å². The second-order valence-corrected chi connectivity index (χ2v) is 4.83. The molecular formula is C15H14F3N7. The van der Waals surface area contributed by atoms with E-state index in [2.05, 4.69) is 25.9 Å². The normalized spacial score (nSPS) is 10.7. The van der Waals surface area contributed by atoms with Crippen LogP contribution in [0.25, 0.3) is 0 Å². The standard InChI is InChI=1S/C15H14F3N7/c1-21-12-5-8(3-4-9(12)11(20)6-19)24-14-23-7-10(15(16,17)18)13(22-2)25-14/h3-5,7,20-21H,1-2H3,(H2,22,23,24,25). The third-order valence-corrected chi connectivity index (χ3v) is 3.26. The predicted molar refractivity (Wildman–Crippen MR) is 88.3 cm³/mol. The molecule has 0 aliphatic rings. The van der Waals surface area contributed by atoms with Gasteiger partial charge in [0.15, 0.2) is 0 Å². The Bertz CT molecular complexity index is 840. The number of alkyl halides is 3. The number of aromatic nitrogens is 2. The van der Waals surface area contributed by atoms with Crippen molar-refractivity contribution >= 4 is 28.9 Å². The molecule has 1 aromatic heterocycles. The van der Waals surface area contributed by atoms with Gasteiger partial charge in [-0.25, -0.2) is 4.98 Å². The van der Waals surface area contributed by atoms with E-state index >= 15 is 0 Å². The average Bonchev–Trinajstić information content (AvgIpc) is 2.59. The van der Waals surface area contributed by atoms with E-state index in [0.717, 1.165) is 0 Å². The van der Waals surface area contributed by atoms with Gasteiger partial charge in [-0.1, -0.05) is 0 Å². The van der Waals surface area contributed by atoms with Crippen LogP contribution in [0.15, 0.2) is 24.4 Å². The minimum absolute atomic E-state index is 0.0255. The number of halogens is 3. The molecule has 0 aliphatic carbocycles. The van der Waals surface area contributed by atoms with Gasteiger partial charge in [-0.3, -0.25) is 5.41 Å². The Morgan fingerprint density at radius 3 is 2.52 bits per heavy atom. The summed E-state index contributed by atoms with van der Waals surface area (Å²) in [7, 11) is 2.96. The lowest BCUT2D eigenvalue weighted by Crippen LogP contribution is -2.12. The van der Waals surface area contributed by atoms with Gasteiger partial charge in [-0.2, -0.15) is 23.4 Å². The maximum Gasteiger partial charge on any atom is 0.421 e. The number of benzene rings is 1. The van der Waals surface area contributed by atoms with Crippen molar-refractivity contribution < 1.29 is 13.2 Å². The number of hydrogen-bond acceptors (Lipinski definition) is 7. The van der Waals surface area contributed by atoms with Crippen molar-refractivity contribution in [2.75, 3.05) is 30.0 Å². The van der Waals surface area contributed by atoms with E-state index in [1.165, 1.54) is 7.05 Å². The fraction of sp³-hybridized carbons (Fsp3) is 0.200. The van der Waals surface area contributed by atoms with E-state index in [4.69, 9.17) is 10.7 Å². The van der Waals surface area contributed by atoms with E-state index in [9.17, 15) is 13.2 Å². The van der Waals surface area contributed by atoms with Crippen LogP contribution in [0.3, 0.4) is 0 Å². The number of hydrogen-bond donors (Lipinski definition) is 4. The first kappa shape index (κ1) is 18.0. The van der Waals surface area contributed by atoms with Crippen LogP contribution in [0.4, 0.5) is 36.3 Å². The largest absolute Gasteiger partial charge is 0.421 e. The maximum absolute atomic E-state index is 12.9. The second-order valence-electron chi connectivity index (χ2n) is 4.83. The molecule has 7 nitrogen and oxygen atoms in total. The van der Waals surface area contributed by atoms with Gasteiger partial charge in [0, 0.05) is 37.2 Å². The Morgan fingerprint density at radius 1 is 1.24 bits per heavy atom. The van der Waals surface area contributed by atoms with E-state index in [-0.39, 0.29) is 17.5 Å². The summed E-state index contributed by atoms with van der Waals surface area (Å²) in [4.78, 5) is 7.49. The predicted octanol–water partition coefficient (Wildman–Crippen LogP) is 3.21. The summed E-state index contributed by atoms with van der Waals surface area (Å²) in [6.45, 7) is 0. The smallest absolute Gasteiger partial charge is 0.387 e. The zero-order valence-corrected chi connectivity index (χ0v) is 13.3. The molecule has 0 saturated carbocycles. The van der Waals surface area contributed by atoms with Crippen LogP contribution >= 0.6 is 0 Å². The van der Waals surface area contributed by atoms with Gasteiger partial charge in [0.25, 0.3) is 0 Å². The van der Waals surface area contributed by atoms with Crippen LogP contribution in [-0.2, 0) is 6.18 Å². The fourth-order valence-corrected chi connectivity index (χ4v) is 2.08. The summed E-state index contributed by atoms with van der Waals surface area (Å²) >= 11 is 0. The van der Waals surface area contributed by atoms with Crippen molar-refractivity contribution in [2.24, 2.45) is 0 Å². The highest BCUT2D eigenvalue weighted by Gasteiger charge is 2.35. The SMILES string of the molecule is CNc1cc(Nc2ncc(C(F)(F)F)c(NC)n2)ccc1C(=N)C#N. The van der Waals surface area contributed by atoms with E-state index < -0.39 is 11.7 Å². The van der Waals surface area contributed by atoms with Crippen LogP contribution in [-0.4, -0.2) is 29.8 Å². The first-order valence-corrected chi connectivity index (χ1v) is 7.00. The van der Waals surface area contributed by atoms with Crippen molar-refractivity contribution in [3.05, 3.63) is 35.5 Å². The minimum atomic E-state index is -4.56. The Hall–Kier alpha value is -3.35. The number of nitriles is 1. The van der Waals surface area contributed by atoms with E-state index in [1.54, 1.807) is 31.3 Å². The lowest BCUT2D eigenvalue weighted by atomic mass is 10.1. The molecule has 2 rings (SSSR count). The zero-order valence-electron chi connectivity index (χ0n) is 13.3. The summed E-state index contributed by atoms with van der Waals surface area (Å²) in [6.07, 6.45) is -3.87. The molecule has 4 N–H and O–H groups in total. The van der Waals surface area contributed by atoms with Crippen LogP contribution in [0.1, 0.15) is 11.1 Å². The molecule has 0 spiro atoms. The molecule has 0 atom stereocenters. The van der Waals surface area contributed by atoms with Crippen LogP contribution in [0, 0.1) is 16.7 Å². The first-order chi connectivity index (χ1) is 11.8. The monoisotopic (exact) mass is 349 g/mol. The number of anilines is 4. The van der Waals surface area contributed by atoms with Crippen molar-refractivity contribution in [2.45, 2.75) is 6.18 Å².